The van der Waals surface area contributed by atoms with Gasteiger partial charge in [0.1, 0.15) is 17.0 Å². The van der Waals surface area contributed by atoms with E-state index >= 15 is 0 Å². The largest absolute Gasteiger partial charge is 0.494 e. The number of ether oxygens (including phenoxy) is 2. The first-order valence-electron chi connectivity index (χ1n) is 9.97. The first-order chi connectivity index (χ1) is 16.0. The van der Waals surface area contributed by atoms with Crippen molar-refractivity contribution in [2.75, 3.05) is 13.7 Å². The summed E-state index contributed by atoms with van der Waals surface area (Å²) in [6.07, 6.45) is 0. The Balaban J connectivity index is 1.75. The molecule has 0 atom stereocenters. The van der Waals surface area contributed by atoms with Crippen molar-refractivity contribution in [1.82, 2.24) is 19.6 Å². The van der Waals surface area contributed by atoms with E-state index in [1.165, 1.54) is 7.11 Å². The van der Waals surface area contributed by atoms with E-state index < -0.39 is 18.1 Å². The van der Waals surface area contributed by atoms with E-state index in [1.807, 2.05) is 30.3 Å². The van der Waals surface area contributed by atoms with E-state index in [-0.39, 0.29) is 17.3 Å². The maximum Gasteiger partial charge on any atom is 0.341 e. The molecule has 0 fully saturated rings. The Morgan fingerprint density at radius 3 is 2.67 bits per heavy atom. The summed E-state index contributed by atoms with van der Waals surface area (Å²) in [5, 5.41) is 13.3. The van der Waals surface area contributed by atoms with Crippen molar-refractivity contribution in [3.63, 3.8) is 0 Å². The summed E-state index contributed by atoms with van der Waals surface area (Å²) in [5.41, 5.74) is 2.71. The van der Waals surface area contributed by atoms with Gasteiger partial charge in [-0.15, -0.1) is 5.10 Å². The van der Waals surface area contributed by atoms with Crippen LogP contribution in [0.1, 0.15) is 5.69 Å². The molecule has 10 heteroatoms. The van der Waals surface area contributed by atoms with Gasteiger partial charge < -0.3 is 24.0 Å². The van der Waals surface area contributed by atoms with E-state index in [2.05, 4.69) is 15.1 Å². The lowest BCUT2D eigenvalue weighted by Gasteiger charge is -2.05. The van der Waals surface area contributed by atoms with Gasteiger partial charge in [-0.05, 0) is 24.6 Å². The molecule has 0 aliphatic heterocycles. The quantitative estimate of drug-likeness (QED) is 0.406. The van der Waals surface area contributed by atoms with Crippen LogP contribution in [0.25, 0.3) is 39.3 Å². The number of hydrogen-bond acceptors (Lipinski definition) is 7. The van der Waals surface area contributed by atoms with E-state index in [1.54, 1.807) is 25.1 Å². The maximum absolute atomic E-state index is 13.5. The molecule has 0 spiro atoms. The molecule has 0 amide bonds. The normalized spacial score (nSPS) is 11.2. The van der Waals surface area contributed by atoms with Crippen molar-refractivity contribution in [3.05, 3.63) is 64.6 Å². The molecule has 0 unspecified atom stereocenters. The average Bonchev–Trinajstić information content (AvgIpc) is 3.39. The van der Waals surface area contributed by atoms with Gasteiger partial charge in [0.2, 0.25) is 11.8 Å². The number of para-hydroxylation sites is 1. The minimum Gasteiger partial charge on any atom is -0.494 e. The Hall–Kier alpha value is -4.60. The molecule has 33 heavy (non-hydrogen) atoms. The number of carboxylic acid groups (broad SMARTS) is 1. The molecule has 2 N–H and O–H groups in total. The zero-order chi connectivity index (χ0) is 23.1. The molecular weight excluding hydrogens is 428 g/mol. The van der Waals surface area contributed by atoms with Gasteiger partial charge in [-0.2, -0.15) is 4.52 Å². The summed E-state index contributed by atoms with van der Waals surface area (Å²) in [4.78, 5) is 32.2. The van der Waals surface area contributed by atoms with Gasteiger partial charge in [0, 0.05) is 5.69 Å². The zero-order valence-electron chi connectivity index (χ0n) is 17.7. The number of fused-ring (bicyclic) bond motifs is 2. The first-order valence-corrected chi connectivity index (χ1v) is 9.97. The van der Waals surface area contributed by atoms with Gasteiger partial charge in [-0.25, -0.2) is 9.78 Å². The van der Waals surface area contributed by atoms with Crippen LogP contribution in [0.5, 0.6) is 11.6 Å². The van der Waals surface area contributed by atoms with Crippen LogP contribution >= 0.6 is 0 Å². The highest BCUT2D eigenvalue weighted by Gasteiger charge is 2.24. The van der Waals surface area contributed by atoms with Crippen LogP contribution in [0.4, 0.5) is 0 Å². The molecule has 166 valence electrons. The Labute approximate surface area is 186 Å². The number of oxazole rings is 1. The number of carbonyl (C=O) groups is 1. The van der Waals surface area contributed by atoms with Crippen LogP contribution in [0.2, 0.25) is 0 Å². The van der Waals surface area contributed by atoms with Crippen molar-refractivity contribution >= 4 is 22.7 Å². The van der Waals surface area contributed by atoms with Gasteiger partial charge in [-0.3, -0.25) is 4.79 Å². The number of rotatable bonds is 6. The summed E-state index contributed by atoms with van der Waals surface area (Å²) in [7, 11) is 1.53. The highest BCUT2D eigenvalue weighted by atomic mass is 16.5. The standard InChI is InChI=1S/C23H18N4O6/c1-12-17(21-25-19-14(31-2)9-6-10-15(19)33-21)23(30)27-20(24-12)18(13-7-4-3-5-8-13)22(26-27)32-11-16(28)29/h3-10,24H,11H2,1-2H3,(H,28,29). The lowest BCUT2D eigenvalue weighted by atomic mass is 10.1. The third-order valence-corrected chi connectivity index (χ3v) is 5.15. The zero-order valence-corrected chi connectivity index (χ0v) is 17.7. The molecule has 0 saturated heterocycles. The highest BCUT2D eigenvalue weighted by molar-refractivity contribution is 5.85. The van der Waals surface area contributed by atoms with Crippen LogP contribution in [0.15, 0.2) is 57.7 Å². The van der Waals surface area contributed by atoms with E-state index in [9.17, 15) is 9.59 Å². The minimum absolute atomic E-state index is 0.0211. The average molecular weight is 446 g/mol. The number of aryl methyl sites for hydroxylation is 1. The number of methoxy groups -OCH3 is 1. The van der Waals surface area contributed by atoms with Crippen LogP contribution in [0.3, 0.4) is 0 Å². The topological polar surface area (TPSA) is 132 Å². The monoisotopic (exact) mass is 446 g/mol. The highest BCUT2D eigenvalue weighted by Crippen LogP contribution is 2.34. The number of aliphatic carboxylic acids is 1. The maximum atomic E-state index is 13.5. The second-order valence-electron chi connectivity index (χ2n) is 7.25. The lowest BCUT2D eigenvalue weighted by Crippen LogP contribution is -2.19. The molecule has 3 heterocycles. The molecule has 0 aliphatic carbocycles. The molecule has 0 radical (unpaired) electrons. The van der Waals surface area contributed by atoms with Crippen molar-refractivity contribution < 1.29 is 23.8 Å². The molecule has 10 nitrogen and oxygen atoms in total. The summed E-state index contributed by atoms with van der Waals surface area (Å²) >= 11 is 0. The van der Waals surface area contributed by atoms with Crippen molar-refractivity contribution in [2.24, 2.45) is 0 Å². The fourth-order valence-electron chi connectivity index (χ4n) is 3.71. The van der Waals surface area contributed by atoms with E-state index in [0.717, 1.165) is 4.52 Å². The summed E-state index contributed by atoms with van der Waals surface area (Å²) in [6.45, 7) is 1.12. The van der Waals surface area contributed by atoms with Crippen LogP contribution in [-0.2, 0) is 4.79 Å². The molecule has 5 rings (SSSR count). The summed E-state index contributed by atoms with van der Waals surface area (Å²) < 4.78 is 17.7. The third-order valence-electron chi connectivity index (χ3n) is 5.15. The van der Waals surface area contributed by atoms with Crippen LogP contribution in [0, 0.1) is 6.92 Å². The predicted molar refractivity (Wildman–Crippen MR) is 119 cm³/mol. The van der Waals surface area contributed by atoms with Gasteiger partial charge in [-0.1, -0.05) is 36.4 Å². The smallest absolute Gasteiger partial charge is 0.341 e. The molecular formula is C23H18N4O6. The number of aromatic amines is 1. The van der Waals surface area contributed by atoms with Gasteiger partial charge >= 0.3 is 5.97 Å². The van der Waals surface area contributed by atoms with Gasteiger partial charge in [0.15, 0.2) is 17.7 Å². The fraction of sp³-hybridized carbons (Fsp3) is 0.130. The second kappa shape index (κ2) is 7.83. The molecule has 5 aromatic rings. The fourth-order valence-corrected chi connectivity index (χ4v) is 3.71. The van der Waals surface area contributed by atoms with E-state index in [0.29, 0.717) is 39.3 Å². The molecule has 0 bridgehead atoms. The predicted octanol–water partition coefficient (Wildman–Crippen LogP) is 3.28. The Bertz CT molecular complexity index is 1570. The number of H-pyrrole nitrogens is 1. The van der Waals surface area contributed by atoms with E-state index in [4.69, 9.17) is 19.0 Å². The molecule has 2 aromatic carbocycles. The number of carboxylic acids is 1. The van der Waals surface area contributed by atoms with Gasteiger partial charge in [0.25, 0.3) is 5.56 Å². The summed E-state index contributed by atoms with van der Waals surface area (Å²) in [5.74, 6) is -0.505. The number of nitrogens with zero attached hydrogens (tertiary/aromatic N) is 3. The SMILES string of the molecule is COc1cccc2oc(-c3c(C)[nH]c4c(-c5ccccc5)c(OCC(=O)O)nn4c3=O)nc12. The lowest BCUT2D eigenvalue weighted by molar-refractivity contribution is -0.139. The van der Waals surface area contributed by atoms with Crippen molar-refractivity contribution in [1.29, 1.82) is 0 Å². The Morgan fingerprint density at radius 2 is 1.94 bits per heavy atom. The van der Waals surface area contributed by atoms with Crippen molar-refractivity contribution in [3.8, 4) is 34.2 Å². The second-order valence-corrected chi connectivity index (χ2v) is 7.25. The Morgan fingerprint density at radius 1 is 1.15 bits per heavy atom. The molecule has 0 saturated carbocycles. The number of aromatic nitrogens is 4. The first kappa shape index (κ1) is 20.3. The number of benzene rings is 2. The molecule has 0 aliphatic rings. The number of hydrogen-bond donors (Lipinski definition) is 2. The minimum atomic E-state index is -1.16. The Kier molecular flexibility index (Phi) is 4.82. The van der Waals surface area contributed by atoms with Gasteiger partial charge in [0.05, 0.1) is 12.7 Å². The number of nitrogens with one attached hydrogen (secondary N) is 1. The molecule has 3 aromatic heterocycles. The van der Waals surface area contributed by atoms with Crippen LogP contribution in [-0.4, -0.2) is 44.4 Å². The van der Waals surface area contributed by atoms with Crippen molar-refractivity contribution in [2.45, 2.75) is 6.92 Å². The third kappa shape index (κ3) is 3.37. The summed E-state index contributed by atoms with van der Waals surface area (Å²) in [6, 6.07) is 14.4. The van der Waals surface area contributed by atoms with Crippen LogP contribution < -0.4 is 15.0 Å².